The van der Waals surface area contributed by atoms with E-state index in [4.69, 9.17) is 0 Å². The van der Waals surface area contributed by atoms with Crippen molar-refractivity contribution in [3.05, 3.63) is 35.8 Å². The van der Waals surface area contributed by atoms with Crippen LogP contribution in [0.4, 0.5) is 11.5 Å². The van der Waals surface area contributed by atoms with Crippen LogP contribution in [-0.2, 0) is 18.3 Å². The fourth-order valence-corrected chi connectivity index (χ4v) is 3.23. The molecule has 0 spiro atoms. The Kier molecular flexibility index (Phi) is 4.07. The van der Waals surface area contributed by atoms with Crippen LogP contribution in [0.3, 0.4) is 0 Å². The molecule has 1 amide bonds. The van der Waals surface area contributed by atoms with Crippen molar-refractivity contribution in [1.82, 2.24) is 14.8 Å². The average molecular weight is 313 g/mol. The van der Waals surface area contributed by atoms with Gasteiger partial charge < -0.3 is 9.80 Å². The first-order valence-corrected chi connectivity index (χ1v) is 7.95. The normalized spacial score (nSPS) is 15.2. The smallest absolute Gasteiger partial charge is 0.235 e. The molecule has 2 aromatic rings. The summed E-state index contributed by atoms with van der Waals surface area (Å²) in [5, 5.41) is 4.18. The predicted molar refractivity (Wildman–Crippen MR) is 90.9 cm³/mol. The van der Waals surface area contributed by atoms with Gasteiger partial charge in [0.25, 0.3) is 0 Å². The molecule has 1 aliphatic heterocycles. The average Bonchev–Trinajstić information content (AvgIpc) is 2.98. The molecular weight excluding hydrogens is 290 g/mol. The van der Waals surface area contributed by atoms with E-state index in [1.165, 1.54) is 5.56 Å². The Labute approximate surface area is 136 Å². The van der Waals surface area contributed by atoms with Gasteiger partial charge in [0.05, 0.1) is 17.3 Å². The van der Waals surface area contributed by atoms with Crippen LogP contribution in [-0.4, -0.2) is 41.3 Å². The number of fused-ring (bicyclic) bond motifs is 1. The number of rotatable bonds is 3. The number of hydrogen-bond acceptors (Lipinski definition) is 4. The molecule has 1 unspecified atom stereocenters. The van der Waals surface area contributed by atoms with Crippen LogP contribution in [0.1, 0.15) is 30.5 Å². The van der Waals surface area contributed by atoms with Crippen LogP contribution in [0.25, 0.3) is 0 Å². The Morgan fingerprint density at radius 3 is 2.74 bits per heavy atom. The molecule has 0 fully saturated rings. The van der Waals surface area contributed by atoms with Crippen molar-refractivity contribution in [2.24, 2.45) is 7.05 Å². The van der Waals surface area contributed by atoms with Crippen molar-refractivity contribution in [2.75, 3.05) is 30.4 Å². The zero-order valence-corrected chi connectivity index (χ0v) is 14.2. The molecule has 1 aliphatic rings. The molecular formula is C17H23N5O. The third-order valence-electron chi connectivity index (χ3n) is 4.45. The predicted octanol–water partition coefficient (Wildman–Crippen LogP) is 1.96. The maximum atomic E-state index is 13.1. The van der Waals surface area contributed by atoms with Gasteiger partial charge in [-0.25, -0.2) is 4.98 Å². The summed E-state index contributed by atoms with van der Waals surface area (Å²) in [6.07, 6.45) is 5.53. The highest BCUT2D eigenvalue weighted by Gasteiger charge is 2.31. The molecule has 0 saturated carbocycles. The summed E-state index contributed by atoms with van der Waals surface area (Å²) in [5.74, 6) is 0.724. The van der Waals surface area contributed by atoms with Crippen LogP contribution in [0.15, 0.2) is 24.5 Å². The van der Waals surface area contributed by atoms with Crippen LogP contribution >= 0.6 is 0 Å². The van der Waals surface area contributed by atoms with Crippen molar-refractivity contribution in [1.29, 1.82) is 0 Å². The lowest BCUT2D eigenvalue weighted by atomic mass is 9.99. The third kappa shape index (κ3) is 2.69. The lowest BCUT2D eigenvalue weighted by molar-refractivity contribution is -0.119. The Balaban J connectivity index is 2.00. The van der Waals surface area contributed by atoms with Gasteiger partial charge in [-0.3, -0.25) is 9.48 Å². The first-order valence-electron chi connectivity index (χ1n) is 7.95. The maximum Gasteiger partial charge on any atom is 0.235 e. The van der Waals surface area contributed by atoms with Gasteiger partial charge in [-0.15, -0.1) is 0 Å². The Hall–Kier alpha value is -2.37. The van der Waals surface area contributed by atoms with E-state index in [2.05, 4.69) is 10.1 Å². The summed E-state index contributed by atoms with van der Waals surface area (Å²) in [5.41, 5.74) is 3.08. The number of hydrogen-bond donors (Lipinski definition) is 0. The summed E-state index contributed by atoms with van der Waals surface area (Å²) < 4.78 is 1.77. The Morgan fingerprint density at radius 2 is 2.09 bits per heavy atom. The van der Waals surface area contributed by atoms with Crippen LogP contribution in [0.2, 0.25) is 0 Å². The van der Waals surface area contributed by atoms with Crippen molar-refractivity contribution >= 4 is 17.4 Å². The number of carbonyl (C=O) groups is 1. The fraction of sp³-hybridized carbons (Fsp3) is 0.471. The van der Waals surface area contributed by atoms with Gasteiger partial charge in [0.2, 0.25) is 5.91 Å². The number of aromatic nitrogens is 3. The molecule has 0 bridgehead atoms. The topological polar surface area (TPSA) is 54.3 Å². The number of amides is 1. The Morgan fingerprint density at radius 1 is 1.30 bits per heavy atom. The number of carbonyl (C=O) groups excluding carboxylic acids is 1. The second-order valence-electron chi connectivity index (χ2n) is 6.23. The van der Waals surface area contributed by atoms with Gasteiger partial charge in [-0.05, 0) is 37.5 Å². The van der Waals surface area contributed by atoms with E-state index in [1.54, 1.807) is 10.9 Å². The van der Waals surface area contributed by atoms with E-state index in [0.717, 1.165) is 36.6 Å². The summed E-state index contributed by atoms with van der Waals surface area (Å²) in [7, 11) is 5.80. The summed E-state index contributed by atoms with van der Waals surface area (Å²) in [6.45, 7) is 2.68. The lowest BCUT2D eigenvalue weighted by Gasteiger charge is -2.34. The first kappa shape index (κ1) is 15.5. The molecule has 2 aromatic heterocycles. The van der Waals surface area contributed by atoms with Crippen LogP contribution in [0.5, 0.6) is 0 Å². The molecule has 6 heteroatoms. The van der Waals surface area contributed by atoms with Crippen LogP contribution < -0.4 is 9.80 Å². The Bertz CT molecular complexity index is 722. The van der Waals surface area contributed by atoms with E-state index in [0.29, 0.717) is 0 Å². The summed E-state index contributed by atoms with van der Waals surface area (Å²) >= 11 is 0. The largest absolute Gasteiger partial charge is 0.361 e. The number of aryl methyl sites for hydroxylation is 2. The lowest BCUT2D eigenvalue weighted by Crippen LogP contribution is -2.39. The molecule has 23 heavy (non-hydrogen) atoms. The van der Waals surface area contributed by atoms with Crippen molar-refractivity contribution in [3.63, 3.8) is 0 Å². The van der Waals surface area contributed by atoms with E-state index in [-0.39, 0.29) is 11.8 Å². The van der Waals surface area contributed by atoms with Crippen molar-refractivity contribution in [2.45, 2.75) is 25.7 Å². The minimum atomic E-state index is -0.233. The standard InChI is InChI=1S/C17H23N5O/c1-12(14-8-10-19-21(14)4)17(23)22-11-5-6-13-7-9-18-16(15(13)22)20(2)3/h7-10,12H,5-6,11H2,1-4H3. The van der Waals surface area contributed by atoms with Gasteiger partial charge in [-0.1, -0.05) is 0 Å². The number of nitrogens with zero attached hydrogens (tertiary/aromatic N) is 5. The molecule has 0 aliphatic carbocycles. The van der Waals surface area contributed by atoms with Crippen molar-refractivity contribution < 1.29 is 4.79 Å². The minimum absolute atomic E-state index is 0.102. The molecule has 3 rings (SSSR count). The van der Waals surface area contributed by atoms with Gasteiger partial charge in [0, 0.05) is 40.1 Å². The molecule has 122 valence electrons. The monoisotopic (exact) mass is 313 g/mol. The van der Waals surface area contributed by atoms with Gasteiger partial charge in [0.15, 0.2) is 5.82 Å². The highest BCUT2D eigenvalue weighted by Crippen LogP contribution is 2.36. The molecule has 1 atom stereocenters. The zero-order chi connectivity index (χ0) is 16.6. The fourth-order valence-electron chi connectivity index (χ4n) is 3.23. The molecule has 0 aromatic carbocycles. The molecule has 3 heterocycles. The van der Waals surface area contributed by atoms with Gasteiger partial charge >= 0.3 is 0 Å². The quantitative estimate of drug-likeness (QED) is 0.869. The summed E-state index contributed by atoms with van der Waals surface area (Å²) in [4.78, 5) is 21.5. The van der Waals surface area contributed by atoms with Gasteiger partial charge in [-0.2, -0.15) is 5.10 Å². The second kappa shape index (κ2) is 6.02. The highest BCUT2D eigenvalue weighted by molar-refractivity contribution is 6.01. The SMILES string of the molecule is CC(C(=O)N1CCCc2ccnc(N(C)C)c21)c1ccnn1C. The van der Waals surface area contributed by atoms with Crippen LogP contribution in [0, 0.1) is 0 Å². The van der Waals surface area contributed by atoms with Crippen molar-refractivity contribution in [3.8, 4) is 0 Å². The maximum absolute atomic E-state index is 13.1. The summed E-state index contributed by atoms with van der Waals surface area (Å²) in [6, 6.07) is 3.93. The van der Waals surface area contributed by atoms with E-state index < -0.39 is 0 Å². The molecule has 6 nitrogen and oxygen atoms in total. The second-order valence-corrected chi connectivity index (χ2v) is 6.23. The molecule has 0 N–H and O–H groups in total. The molecule has 0 radical (unpaired) electrons. The van der Waals surface area contributed by atoms with E-state index >= 15 is 0 Å². The van der Waals surface area contributed by atoms with E-state index in [9.17, 15) is 4.79 Å². The zero-order valence-electron chi connectivity index (χ0n) is 14.2. The minimum Gasteiger partial charge on any atom is -0.361 e. The first-order chi connectivity index (χ1) is 11.0. The highest BCUT2D eigenvalue weighted by atomic mass is 16.2. The molecule has 0 saturated heterocycles. The van der Waals surface area contributed by atoms with E-state index in [1.807, 2.05) is 56.2 Å². The third-order valence-corrected chi connectivity index (χ3v) is 4.45. The van der Waals surface area contributed by atoms with Gasteiger partial charge in [0.1, 0.15) is 0 Å². The number of pyridine rings is 1. The number of anilines is 2.